The molecule has 88 valence electrons. The number of benzene rings is 1. The number of hydrogen-bond acceptors (Lipinski definition) is 3. The average Bonchev–Trinajstić information content (AvgIpc) is 2.27. The quantitative estimate of drug-likeness (QED) is 0.694. The van der Waals surface area contributed by atoms with Crippen molar-refractivity contribution in [3.05, 3.63) is 29.8 Å². The second-order valence-corrected chi connectivity index (χ2v) is 3.74. The summed E-state index contributed by atoms with van der Waals surface area (Å²) in [7, 11) is 0. The average molecular weight is 222 g/mol. The largest absolute Gasteiger partial charge is 0.494 e. The molecule has 0 bridgehead atoms. The van der Waals surface area contributed by atoms with E-state index in [0.29, 0.717) is 12.2 Å². The van der Waals surface area contributed by atoms with Crippen LogP contribution in [0.4, 0.5) is 0 Å². The lowest BCUT2D eigenvalue weighted by atomic mass is 10.1. The standard InChI is InChI=1S/C13H18O3/c1-4-15-12-7-5-11(6-8-12)13(14)9-16-10(2)3/h5-8,10H,4,9H2,1-3H3. The molecule has 0 aliphatic rings. The monoisotopic (exact) mass is 222 g/mol. The fourth-order valence-electron chi connectivity index (χ4n) is 1.23. The van der Waals surface area contributed by atoms with E-state index in [0.717, 1.165) is 5.75 Å². The van der Waals surface area contributed by atoms with Crippen LogP contribution in [0.1, 0.15) is 31.1 Å². The van der Waals surface area contributed by atoms with Crippen molar-refractivity contribution < 1.29 is 14.3 Å². The van der Waals surface area contributed by atoms with E-state index in [-0.39, 0.29) is 18.5 Å². The van der Waals surface area contributed by atoms with E-state index in [1.54, 1.807) is 24.3 Å². The number of Topliss-reactive ketones (excluding diaryl/α,β-unsaturated/α-hetero) is 1. The van der Waals surface area contributed by atoms with Gasteiger partial charge in [0.15, 0.2) is 5.78 Å². The van der Waals surface area contributed by atoms with E-state index in [4.69, 9.17) is 9.47 Å². The summed E-state index contributed by atoms with van der Waals surface area (Å²) < 4.78 is 10.6. The molecule has 0 radical (unpaired) electrons. The normalized spacial score (nSPS) is 10.5. The molecule has 0 saturated heterocycles. The molecule has 3 nitrogen and oxygen atoms in total. The molecule has 0 aromatic heterocycles. The molecule has 0 unspecified atom stereocenters. The van der Waals surface area contributed by atoms with Crippen LogP contribution >= 0.6 is 0 Å². The lowest BCUT2D eigenvalue weighted by Crippen LogP contribution is -2.13. The van der Waals surface area contributed by atoms with E-state index in [1.165, 1.54) is 0 Å². The van der Waals surface area contributed by atoms with E-state index in [1.807, 2.05) is 20.8 Å². The molecule has 0 amide bonds. The number of rotatable bonds is 6. The van der Waals surface area contributed by atoms with Crippen LogP contribution in [-0.4, -0.2) is 25.1 Å². The van der Waals surface area contributed by atoms with Gasteiger partial charge in [-0.1, -0.05) is 0 Å². The minimum absolute atomic E-state index is 0.00301. The smallest absolute Gasteiger partial charge is 0.188 e. The van der Waals surface area contributed by atoms with Gasteiger partial charge in [0.05, 0.1) is 12.7 Å². The van der Waals surface area contributed by atoms with Gasteiger partial charge in [-0.15, -0.1) is 0 Å². The first-order valence-electron chi connectivity index (χ1n) is 5.51. The number of carbonyl (C=O) groups is 1. The summed E-state index contributed by atoms with van der Waals surface area (Å²) in [6.07, 6.45) is 0.0756. The maximum absolute atomic E-state index is 11.7. The second kappa shape index (κ2) is 6.28. The Morgan fingerprint density at radius 3 is 2.38 bits per heavy atom. The lowest BCUT2D eigenvalue weighted by molar-refractivity contribution is 0.0585. The van der Waals surface area contributed by atoms with Crippen LogP contribution in [-0.2, 0) is 4.74 Å². The van der Waals surface area contributed by atoms with Gasteiger partial charge < -0.3 is 9.47 Å². The van der Waals surface area contributed by atoms with Crippen LogP contribution in [0.25, 0.3) is 0 Å². The Bertz CT molecular complexity index is 328. The summed E-state index contributed by atoms with van der Waals surface area (Å²) >= 11 is 0. The number of ether oxygens (including phenoxy) is 2. The first kappa shape index (κ1) is 12.7. The van der Waals surface area contributed by atoms with E-state index in [2.05, 4.69) is 0 Å². The fraction of sp³-hybridized carbons (Fsp3) is 0.462. The highest BCUT2D eigenvalue weighted by atomic mass is 16.5. The maximum atomic E-state index is 11.7. The fourth-order valence-corrected chi connectivity index (χ4v) is 1.23. The summed E-state index contributed by atoms with van der Waals surface area (Å²) in [5.41, 5.74) is 0.657. The summed E-state index contributed by atoms with van der Waals surface area (Å²) in [6, 6.07) is 7.12. The molecule has 1 aromatic carbocycles. The van der Waals surface area contributed by atoms with Crippen LogP contribution in [0.2, 0.25) is 0 Å². The predicted octanol–water partition coefficient (Wildman–Crippen LogP) is 2.69. The van der Waals surface area contributed by atoms with Crippen molar-refractivity contribution in [2.24, 2.45) is 0 Å². The van der Waals surface area contributed by atoms with E-state index < -0.39 is 0 Å². The molecule has 1 aromatic rings. The Morgan fingerprint density at radius 1 is 1.25 bits per heavy atom. The van der Waals surface area contributed by atoms with Crippen LogP contribution in [0.15, 0.2) is 24.3 Å². The highest BCUT2D eigenvalue weighted by molar-refractivity contribution is 5.97. The molecule has 0 spiro atoms. The van der Waals surface area contributed by atoms with Crippen molar-refractivity contribution in [1.82, 2.24) is 0 Å². The van der Waals surface area contributed by atoms with Crippen molar-refractivity contribution in [3.63, 3.8) is 0 Å². The maximum Gasteiger partial charge on any atom is 0.188 e. The van der Waals surface area contributed by atoms with Gasteiger partial charge in [-0.05, 0) is 45.0 Å². The van der Waals surface area contributed by atoms with E-state index >= 15 is 0 Å². The van der Waals surface area contributed by atoms with Gasteiger partial charge >= 0.3 is 0 Å². The molecule has 0 heterocycles. The Kier molecular flexibility index (Phi) is 4.99. The van der Waals surface area contributed by atoms with Gasteiger partial charge in [0.1, 0.15) is 12.4 Å². The van der Waals surface area contributed by atoms with Crippen molar-refractivity contribution >= 4 is 5.78 Å². The zero-order valence-corrected chi connectivity index (χ0v) is 10.0. The van der Waals surface area contributed by atoms with Crippen molar-refractivity contribution in [2.75, 3.05) is 13.2 Å². The zero-order chi connectivity index (χ0) is 12.0. The summed E-state index contributed by atoms with van der Waals surface area (Å²) in [5.74, 6) is 0.778. The van der Waals surface area contributed by atoms with Gasteiger partial charge in [0.2, 0.25) is 0 Å². The molecule has 1 rings (SSSR count). The molecule has 0 saturated carbocycles. The number of ketones is 1. The van der Waals surface area contributed by atoms with Gasteiger partial charge in [-0.3, -0.25) is 4.79 Å². The van der Waals surface area contributed by atoms with E-state index in [9.17, 15) is 4.79 Å². The molecule has 0 fully saturated rings. The molecule has 0 aliphatic carbocycles. The van der Waals surface area contributed by atoms with Crippen LogP contribution in [0.3, 0.4) is 0 Å². The summed E-state index contributed by atoms with van der Waals surface area (Å²) in [5, 5.41) is 0. The highest BCUT2D eigenvalue weighted by Gasteiger charge is 2.07. The van der Waals surface area contributed by atoms with Gasteiger partial charge in [0.25, 0.3) is 0 Å². The molecule has 16 heavy (non-hydrogen) atoms. The third kappa shape index (κ3) is 4.03. The first-order valence-corrected chi connectivity index (χ1v) is 5.51. The topological polar surface area (TPSA) is 35.5 Å². The molecule has 0 atom stereocenters. The highest BCUT2D eigenvalue weighted by Crippen LogP contribution is 2.12. The molecule has 0 N–H and O–H groups in total. The van der Waals surface area contributed by atoms with Gasteiger partial charge in [-0.2, -0.15) is 0 Å². The van der Waals surface area contributed by atoms with Gasteiger partial charge in [-0.25, -0.2) is 0 Å². The Labute approximate surface area is 96.4 Å². The molecule has 3 heteroatoms. The third-order valence-corrected chi connectivity index (χ3v) is 2.04. The first-order chi connectivity index (χ1) is 7.63. The van der Waals surface area contributed by atoms with Crippen molar-refractivity contribution in [2.45, 2.75) is 26.9 Å². The number of carbonyl (C=O) groups excluding carboxylic acids is 1. The second-order valence-electron chi connectivity index (χ2n) is 3.74. The van der Waals surface area contributed by atoms with Crippen LogP contribution < -0.4 is 4.74 Å². The summed E-state index contributed by atoms with van der Waals surface area (Å²) in [6.45, 7) is 6.50. The Morgan fingerprint density at radius 2 is 1.88 bits per heavy atom. The van der Waals surface area contributed by atoms with Crippen molar-refractivity contribution in [1.29, 1.82) is 0 Å². The Balaban J connectivity index is 2.56. The lowest BCUT2D eigenvalue weighted by Gasteiger charge is -2.07. The molecular weight excluding hydrogens is 204 g/mol. The minimum atomic E-state index is -0.00301. The van der Waals surface area contributed by atoms with Gasteiger partial charge in [0, 0.05) is 5.56 Å². The SMILES string of the molecule is CCOc1ccc(C(=O)COC(C)C)cc1. The number of hydrogen-bond donors (Lipinski definition) is 0. The van der Waals surface area contributed by atoms with Crippen LogP contribution in [0, 0.1) is 0 Å². The Hall–Kier alpha value is -1.35. The molecule has 0 aliphatic heterocycles. The zero-order valence-electron chi connectivity index (χ0n) is 10.0. The van der Waals surface area contributed by atoms with Crippen LogP contribution in [0.5, 0.6) is 5.75 Å². The summed E-state index contributed by atoms with van der Waals surface area (Å²) in [4.78, 5) is 11.7. The molecular formula is C13H18O3. The third-order valence-electron chi connectivity index (χ3n) is 2.04. The predicted molar refractivity (Wildman–Crippen MR) is 63.0 cm³/mol. The minimum Gasteiger partial charge on any atom is -0.494 e. The van der Waals surface area contributed by atoms with Crippen molar-refractivity contribution in [3.8, 4) is 5.75 Å².